The van der Waals surface area contributed by atoms with E-state index in [9.17, 15) is 0 Å². The number of aromatic nitrogens is 3. The maximum atomic E-state index is 4.92. The maximum Gasteiger partial charge on any atom is 3.00 e. The molecular weight excluding hydrogens is 644 g/mol. The predicted molar refractivity (Wildman–Crippen MR) is 136 cm³/mol. The van der Waals surface area contributed by atoms with Gasteiger partial charge >= 0.3 is 39.9 Å². The number of fused-ring (bicyclic) bond motifs is 3. The quantitative estimate of drug-likeness (QED) is 0.172. The van der Waals surface area contributed by atoms with Crippen molar-refractivity contribution in [2.75, 3.05) is 0 Å². The third-order valence-electron chi connectivity index (χ3n) is 3.82. The Balaban J connectivity index is 0.000000130. The van der Waals surface area contributed by atoms with Gasteiger partial charge in [-0.2, -0.15) is 0 Å². The zero-order chi connectivity index (χ0) is 20.9. The minimum absolute atomic E-state index is 0. The normalized spacial score (nSPS) is 10.1. The van der Waals surface area contributed by atoms with E-state index in [0.29, 0.717) is 0 Å². The number of rotatable bonds is 0. The van der Waals surface area contributed by atoms with Crippen molar-refractivity contribution in [2.45, 2.75) is 13.0 Å². The number of benzene rings is 3. The third-order valence-corrected chi connectivity index (χ3v) is 7.34. The largest absolute Gasteiger partial charge is 3.00 e. The fourth-order valence-corrected chi connectivity index (χ4v) is 5.75. The molecule has 0 N–H and O–H groups in total. The van der Waals surface area contributed by atoms with Gasteiger partial charge in [0, 0.05) is 0 Å². The summed E-state index contributed by atoms with van der Waals surface area (Å²) in [7, 11) is 0. The van der Waals surface area contributed by atoms with E-state index in [1.807, 2.05) is 72.8 Å². The summed E-state index contributed by atoms with van der Waals surface area (Å²) in [6.45, 7) is 0. The Morgan fingerprint density at radius 2 is 0.710 bits per heavy atom. The first-order valence-corrected chi connectivity index (χ1v) is 12.3. The van der Waals surface area contributed by atoms with E-state index >= 15 is 0 Å². The topological polar surface area (TPSA) is 38.7 Å². The average Bonchev–Trinajstić information content (AvgIpc) is 3.41. The first kappa shape index (κ1) is 24.9. The van der Waals surface area contributed by atoms with E-state index in [1.54, 1.807) is 34.0 Å². The molecule has 0 amide bonds. The molecule has 0 aliphatic rings. The molecule has 6 aromatic rings. The molecule has 0 saturated carbocycles. The molecule has 155 valence electrons. The molecule has 3 heterocycles. The summed E-state index contributed by atoms with van der Waals surface area (Å²) in [4.78, 5) is 12.4. The summed E-state index contributed by atoms with van der Waals surface area (Å²) < 4.78 is 5.69. The van der Waals surface area contributed by atoms with Gasteiger partial charge in [-0.25, -0.2) is 0 Å². The van der Waals surface area contributed by atoms with E-state index in [-0.39, 0.29) is 39.9 Å². The molecule has 1 radical (unpaired) electrons. The first-order chi connectivity index (χ1) is 14.6. The second-order valence-electron chi connectivity index (χ2n) is 5.84. The number of nitrogens with zero attached hydrogens (tertiary/aromatic N) is 3. The van der Waals surface area contributed by atoms with Crippen molar-refractivity contribution < 1.29 is 39.9 Å². The van der Waals surface area contributed by atoms with Crippen molar-refractivity contribution >= 4 is 103 Å². The van der Waals surface area contributed by atoms with Gasteiger partial charge in [-0.15, -0.1) is 0 Å². The Bertz CT molecular complexity index is 1140. The number of thiazole rings is 3. The van der Waals surface area contributed by atoms with Crippen LogP contribution in [0, 0.1) is 39.9 Å². The SMILES string of the molecule is [Gd+3].[S-]c1nc2ccccc2s1.[S-]c1nc2ccccc2s1.[S-]c1nc2ccccc2s1. The Hall–Kier alpha value is -0.685. The first-order valence-electron chi connectivity index (χ1n) is 8.66. The van der Waals surface area contributed by atoms with Crippen LogP contribution in [0.2, 0.25) is 0 Å². The molecule has 0 aliphatic carbocycles. The summed E-state index contributed by atoms with van der Waals surface area (Å²) >= 11 is 19.4. The molecule has 0 unspecified atom stereocenters. The van der Waals surface area contributed by atoms with Gasteiger partial charge in [-0.3, -0.25) is 15.0 Å². The van der Waals surface area contributed by atoms with E-state index in [4.69, 9.17) is 37.9 Å². The van der Waals surface area contributed by atoms with E-state index in [1.165, 1.54) is 14.1 Å². The van der Waals surface area contributed by atoms with Crippen LogP contribution in [0.5, 0.6) is 0 Å². The third kappa shape index (κ3) is 6.90. The van der Waals surface area contributed by atoms with Crippen LogP contribution in [0.3, 0.4) is 0 Å². The van der Waals surface area contributed by atoms with E-state index < -0.39 is 0 Å². The summed E-state index contributed by atoms with van der Waals surface area (Å²) in [5, 5.41) is 0. The molecule has 0 aliphatic heterocycles. The average molecular weight is 656 g/mol. The Morgan fingerprint density at radius 3 is 0.968 bits per heavy atom. The standard InChI is InChI=1S/3C7H5NS2.Gd/c3*9-7-8-5-3-1-2-4-6(5)10-7;/h3*1-4H,(H,8,9);/q;;;+3/p-3. The molecule has 3 nitrogen and oxygen atoms in total. The van der Waals surface area contributed by atoms with Crippen LogP contribution in [0.25, 0.3) is 30.6 Å². The van der Waals surface area contributed by atoms with Crippen molar-refractivity contribution in [3.05, 3.63) is 72.8 Å². The predicted octanol–water partition coefficient (Wildman–Crippen LogP) is 6.61. The van der Waals surface area contributed by atoms with Gasteiger partial charge in [-0.05, 0) is 45.3 Å². The number of hydrogen-bond acceptors (Lipinski definition) is 9. The van der Waals surface area contributed by atoms with Crippen molar-refractivity contribution in [3.8, 4) is 0 Å². The second kappa shape index (κ2) is 12.0. The van der Waals surface area contributed by atoms with Gasteiger partial charge in [0.15, 0.2) is 0 Å². The molecule has 3 aromatic heterocycles. The van der Waals surface area contributed by atoms with Crippen LogP contribution in [0.1, 0.15) is 0 Å². The van der Waals surface area contributed by atoms with Crippen molar-refractivity contribution in [3.63, 3.8) is 0 Å². The summed E-state index contributed by atoms with van der Waals surface area (Å²) in [6, 6.07) is 23.9. The van der Waals surface area contributed by atoms with Crippen LogP contribution < -0.4 is 0 Å². The van der Waals surface area contributed by atoms with E-state index in [2.05, 4.69) is 15.0 Å². The van der Waals surface area contributed by atoms with Crippen LogP contribution in [0.4, 0.5) is 0 Å². The van der Waals surface area contributed by atoms with Gasteiger partial charge in [-0.1, -0.05) is 54.6 Å². The molecule has 0 spiro atoms. The fourth-order valence-electron chi connectivity index (χ4n) is 2.55. The molecular formula is C21H12GdN3S6. The number of hydrogen-bond donors (Lipinski definition) is 0. The van der Waals surface area contributed by atoms with Gasteiger partial charge in [0.05, 0.1) is 16.6 Å². The molecule has 3 aromatic carbocycles. The molecule has 0 fully saturated rings. The second-order valence-corrected chi connectivity index (χ2v) is 10.9. The van der Waals surface area contributed by atoms with Crippen molar-refractivity contribution in [1.82, 2.24) is 15.0 Å². The Labute approximate surface area is 240 Å². The monoisotopic (exact) mass is 656 g/mol. The molecule has 0 saturated heterocycles. The molecule has 31 heavy (non-hydrogen) atoms. The maximum absolute atomic E-state index is 4.92. The van der Waals surface area contributed by atoms with Gasteiger partial charge in [0.2, 0.25) is 0 Å². The molecule has 10 heteroatoms. The van der Waals surface area contributed by atoms with Crippen molar-refractivity contribution in [1.29, 1.82) is 0 Å². The van der Waals surface area contributed by atoms with Gasteiger partial charge in [0.25, 0.3) is 0 Å². The smallest absolute Gasteiger partial charge is 0.408 e. The van der Waals surface area contributed by atoms with Gasteiger partial charge < -0.3 is 71.9 Å². The van der Waals surface area contributed by atoms with Crippen LogP contribution >= 0.6 is 34.0 Å². The summed E-state index contributed by atoms with van der Waals surface area (Å²) in [5.41, 5.74) is 3.03. The zero-order valence-electron chi connectivity index (χ0n) is 15.6. The van der Waals surface area contributed by atoms with Crippen LogP contribution in [-0.2, 0) is 37.9 Å². The summed E-state index contributed by atoms with van der Waals surface area (Å²) in [5.74, 6) is 0. The number of para-hydroxylation sites is 3. The zero-order valence-corrected chi connectivity index (χ0v) is 22.7. The summed E-state index contributed by atoms with van der Waals surface area (Å²) in [6.07, 6.45) is 0. The molecule has 6 rings (SSSR count). The minimum Gasteiger partial charge on any atom is -0.408 e. The van der Waals surface area contributed by atoms with E-state index in [0.717, 1.165) is 29.6 Å². The minimum atomic E-state index is 0. The van der Waals surface area contributed by atoms with Crippen LogP contribution in [-0.4, -0.2) is 15.0 Å². The Kier molecular flexibility index (Phi) is 9.63. The Morgan fingerprint density at radius 1 is 0.452 bits per heavy atom. The van der Waals surface area contributed by atoms with Gasteiger partial charge in [0.1, 0.15) is 0 Å². The molecule has 0 bridgehead atoms. The fraction of sp³-hybridized carbons (Fsp3) is 0. The van der Waals surface area contributed by atoms with Crippen molar-refractivity contribution in [2.24, 2.45) is 0 Å². The van der Waals surface area contributed by atoms with Crippen LogP contribution in [0.15, 0.2) is 85.8 Å². The molecule has 0 atom stereocenters.